The van der Waals surface area contributed by atoms with Crippen molar-refractivity contribution in [3.8, 4) is 0 Å². The van der Waals surface area contributed by atoms with E-state index in [-0.39, 0.29) is 36.4 Å². The van der Waals surface area contributed by atoms with E-state index in [1.165, 1.54) is 5.56 Å². The fraction of sp³-hybridized carbons (Fsp3) is 0.588. The van der Waals surface area contributed by atoms with Gasteiger partial charge < -0.3 is 15.5 Å². The molecule has 2 N–H and O–H groups in total. The largest absolute Gasteiger partial charge is 0.357 e. The number of rotatable bonds is 6. The van der Waals surface area contributed by atoms with Crippen molar-refractivity contribution in [1.29, 1.82) is 0 Å². The molecule has 0 spiro atoms. The molecule has 1 saturated heterocycles. The normalized spacial score (nSPS) is 14.2. The van der Waals surface area contributed by atoms with E-state index in [1.54, 1.807) is 0 Å². The molecule has 134 valence electrons. The third-order valence-electron chi connectivity index (χ3n) is 3.85. The zero-order valence-corrected chi connectivity index (χ0v) is 16.9. The van der Waals surface area contributed by atoms with Gasteiger partial charge in [-0.3, -0.25) is 9.78 Å². The molecule has 0 aromatic carbocycles. The summed E-state index contributed by atoms with van der Waals surface area (Å²) in [5.41, 5.74) is 2.21. The Morgan fingerprint density at radius 1 is 1.29 bits per heavy atom. The average molecular weight is 445 g/mol. The number of amides is 1. The van der Waals surface area contributed by atoms with E-state index in [0.29, 0.717) is 5.96 Å². The predicted molar refractivity (Wildman–Crippen MR) is 108 cm³/mol. The molecule has 0 aliphatic carbocycles. The molecular formula is C17H28IN5O. The fourth-order valence-corrected chi connectivity index (χ4v) is 2.53. The number of carbonyl (C=O) groups excluding carboxylic acids is 1. The van der Waals surface area contributed by atoms with Gasteiger partial charge in [-0.1, -0.05) is 6.07 Å². The fourth-order valence-electron chi connectivity index (χ4n) is 2.53. The number of nitrogens with one attached hydrogen (secondary N) is 2. The van der Waals surface area contributed by atoms with Crippen LogP contribution in [0.15, 0.2) is 23.3 Å². The number of aryl methyl sites for hydroxylation is 1. The summed E-state index contributed by atoms with van der Waals surface area (Å²) in [7, 11) is 0. The predicted octanol–water partition coefficient (Wildman–Crippen LogP) is 1.73. The van der Waals surface area contributed by atoms with E-state index in [0.717, 1.165) is 51.1 Å². The lowest BCUT2D eigenvalue weighted by Gasteiger charge is -2.15. The van der Waals surface area contributed by atoms with E-state index in [1.807, 2.05) is 31.0 Å². The van der Waals surface area contributed by atoms with Crippen molar-refractivity contribution in [3.05, 3.63) is 29.6 Å². The van der Waals surface area contributed by atoms with Gasteiger partial charge >= 0.3 is 0 Å². The first kappa shape index (κ1) is 20.7. The van der Waals surface area contributed by atoms with Crippen molar-refractivity contribution in [2.24, 2.45) is 4.99 Å². The van der Waals surface area contributed by atoms with Gasteiger partial charge in [0.25, 0.3) is 0 Å². The number of nitrogens with zero attached hydrogens (tertiary/aromatic N) is 3. The van der Waals surface area contributed by atoms with E-state index in [9.17, 15) is 4.79 Å². The molecule has 0 bridgehead atoms. The van der Waals surface area contributed by atoms with Crippen LogP contribution in [0.5, 0.6) is 0 Å². The van der Waals surface area contributed by atoms with Crippen molar-refractivity contribution >= 4 is 35.8 Å². The lowest BCUT2D eigenvalue weighted by molar-refractivity contribution is -0.128. The summed E-state index contributed by atoms with van der Waals surface area (Å²) >= 11 is 0. The zero-order valence-electron chi connectivity index (χ0n) is 14.5. The van der Waals surface area contributed by atoms with E-state index in [4.69, 9.17) is 0 Å². The molecule has 7 heteroatoms. The molecule has 1 aliphatic rings. The molecule has 1 fully saturated rings. The second-order valence-electron chi connectivity index (χ2n) is 5.77. The summed E-state index contributed by atoms with van der Waals surface area (Å²) in [5, 5.41) is 6.45. The number of halogens is 1. The summed E-state index contributed by atoms with van der Waals surface area (Å²) in [4.78, 5) is 22.6. The third-order valence-corrected chi connectivity index (χ3v) is 3.85. The number of aromatic nitrogens is 1. The van der Waals surface area contributed by atoms with Crippen LogP contribution in [0.1, 0.15) is 31.0 Å². The zero-order chi connectivity index (χ0) is 16.5. The maximum absolute atomic E-state index is 12.0. The summed E-state index contributed by atoms with van der Waals surface area (Å²) in [6.07, 6.45) is 4.99. The smallest absolute Gasteiger partial charge is 0.244 e. The van der Waals surface area contributed by atoms with Crippen LogP contribution < -0.4 is 10.6 Å². The SMILES string of the molecule is CCNC(=NCC(=O)N1CCCC1)NCCc1ccc(C)nc1.I. The quantitative estimate of drug-likeness (QED) is 0.398. The van der Waals surface area contributed by atoms with Crippen LogP contribution in [0.3, 0.4) is 0 Å². The van der Waals surface area contributed by atoms with Gasteiger partial charge in [0.05, 0.1) is 0 Å². The van der Waals surface area contributed by atoms with Gasteiger partial charge in [0.2, 0.25) is 5.91 Å². The Kier molecular flexibility index (Phi) is 9.66. The molecule has 2 rings (SSSR count). The Morgan fingerprint density at radius 2 is 2.04 bits per heavy atom. The summed E-state index contributed by atoms with van der Waals surface area (Å²) < 4.78 is 0. The Morgan fingerprint density at radius 3 is 2.67 bits per heavy atom. The van der Waals surface area contributed by atoms with E-state index >= 15 is 0 Å². The molecule has 0 radical (unpaired) electrons. The topological polar surface area (TPSA) is 69.6 Å². The van der Waals surface area contributed by atoms with Gasteiger partial charge in [-0.05, 0) is 44.7 Å². The summed E-state index contributed by atoms with van der Waals surface area (Å²) in [5.74, 6) is 0.808. The maximum Gasteiger partial charge on any atom is 0.244 e. The number of carbonyl (C=O) groups is 1. The first-order valence-corrected chi connectivity index (χ1v) is 8.40. The van der Waals surface area contributed by atoms with E-state index in [2.05, 4.69) is 26.7 Å². The molecule has 6 nitrogen and oxygen atoms in total. The summed E-state index contributed by atoms with van der Waals surface area (Å²) in [6.45, 7) is 7.49. The standard InChI is InChI=1S/C17H27N5O.HI/c1-3-18-17(21-13-16(23)22-10-4-5-11-22)19-9-8-15-7-6-14(2)20-12-15;/h6-7,12H,3-5,8-11,13H2,1-2H3,(H2,18,19,21);1H. The molecule has 2 heterocycles. The van der Waals surface area contributed by atoms with Gasteiger partial charge in [-0.15, -0.1) is 24.0 Å². The van der Waals surface area contributed by atoms with Crippen molar-refractivity contribution < 1.29 is 4.79 Å². The van der Waals surface area contributed by atoms with Crippen molar-refractivity contribution in [2.75, 3.05) is 32.7 Å². The Labute approximate surface area is 161 Å². The lowest BCUT2D eigenvalue weighted by Crippen LogP contribution is -2.39. The first-order chi connectivity index (χ1) is 11.2. The van der Waals surface area contributed by atoms with Crippen LogP contribution >= 0.6 is 24.0 Å². The summed E-state index contributed by atoms with van der Waals surface area (Å²) in [6, 6.07) is 4.11. The van der Waals surface area contributed by atoms with Crippen LogP contribution in [-0.4, -0.2) is 54.5 Å². The minimum absolute atomic E-state index is 0. The second kappa shape index (κ2) is 11.2. The molecule has 0 atom stereocenters. The second-order valence-corrected chi connectivity index (χ2v) is 5.77. The highest BCUT2D eigenvalue weighted by molar-refractivity contribution is 14.0. The minimum Gasteiger partial charge on any atom is -0.357 e. The first-order valence-electron chi connectivity index (χ1n) is 8.40. The molecule has 1 amide bonds. The number of hydrogen-bond acceptors (Lipinski definition) is 3. The van der Waals surface area contributed by atoms with Gasteiger partial charge in [0.15, 0.2) is 5.96 Å². The Balaban J connectivity index is 0.00000288. The highest BCUT2D eigenvalue weighted by Gasteiger charge is 2.17. The van der Waals surface area contributed by atoms with Crippen LogP contribution in [0.2, 0.25) is 0 Å². The number of guanidine groups is 1. The molecule has 0 saturated carbocycles. The van der Waals surface area contributed by atoms with Crippen LogP contribution in [0, 0.1) is 6.92 Å². The van der Waals surface area contributed by atoms with Gasteiger partial charge in [-0.2, -0.15) is 0 Å². The van der Waals surface area contributed by atoms with Crippen molar-refractivity contribution in [1.82, 2.24) is 20.5 Å². The lowest BCUT2D eigenvalue weighted by atomic mass is 10.2. The van der Waals surface area contributed by atoms with E-state index < -0.39 is 0 Å². The molecule has 0 unspecified atom stereocenters. The number of pyridine rings is 1. The van der Waals surface area contributed by atoms with Crippen molar-refractivity contribution in [2.45, 2.75) is 33.1 Å². The number of aliphatic imine (C=N–C) groups is 1. The van der Waals surface area contributed by atoms with Crippen LogP contribution in [0.25, 0.3) is 0 Å². The van der Waals surface area contributed by atoms with Crippen molar-refractivity contribution in [3.63, 3.8) is 0 Å². The van der Waals surface area contributed by atoms with Gasteiger partial charge in [0.1, 0.15) is 6.54 Å². The third kappa shape index (κ3) is 7.02. The molecular weight excluding hydrogens is 417 g/mol. The van der Waals surface area contributed by atoms with Crippen LogP contribution in [-0.2, 0) is 11.2 Å². The Bertz CT molecular complexity index is 526. The minimum atomic E-state index is 0. The highest BCUT2D eigenvalue weighted by Crippen LogP contribution is 2.07. The van der Waals surface area contributed by atoms with Crippen LogP contribution in [0.4, 0.5) is 0 Å². The Hall–Kier alpha value is -1.38. The monoisotopic (exact) mass is 445 g/mol. The van der Waals surface area contributed by atoms with Gasteiger partial charge in [0, 0.05) is 38.1 Å². The number of hydrogen-bond donors (Lipinski definition) is 2. The molecule has 24 heavy (non-hydrogen) atoms. The molecule has 1 aromatic heterocycles. The number of likely N-dealkylation sites (tertiary alicyclic amines) is 1. The highest BCUT2D eigenvalue weighted by atomic mass is 127. The molecule has 1 aliphatic heterocycles. The average Bonchev–Trinajstić information content (AvgIpc) is 3.08. The molecule has 1 aromatic rings. The van der Waals surface area contributed by atoms with Gasteiger partial charge in [-0.25, -0.2) is 4.99 Å². The maximum atomic E-state index is 12.0.